The summed E-state index contributed by atoms with van der Waals surface area (Å²) in [6.07, 6.45) is 14.6. The van der Waals surface area contributed by atoms with E-state index in [-0.39, 0.29) is 0 Å². The van der Waals surface area contributed by atoms with Crippen molar-refractivity contribution in [2.75, 3.05) is 0 Å². The minimum Gasteiger partial charge on any atom is -0.0617 e. The molecule has 0 aromatic heterocycles. The molecule has 0 nitrogen and oxygen atoms in total. The summed E-state index contributed by atoms with van der Waals surface area (Å²) in [5, 5.41) is 0. The van der Waals surface area contributed by atoms with Crippen molar-refractivity contribution < 1.29 is 0 Å². The first-order valence-electron chi connectivity index (χ1n) is 11.8. The maximum absolute atomic E-state index is 2.70. The Morgan fingerprint density at radius 2 is 1.52 bits per heavy atom. The molecule has 8 rings (SSSR count). The summed E-state index contributed by atoms with van der Waals surface area (Å²) in [4.78, 5) is 0. The average molecular weight is 339 g/mol. The molecule has 8 saturated carbocycles. The second-order valence-corrected chi connectivity index (χ2v) is 13.1. The van der Waals surface area contributed by atoms with E-state index in [4.69, 9.17) is 0 Å². The highest BCUT2D eigenvalue weighted by Gasteiger charge is 2.81. The van der Waals surface area contributed by atoms with Crippen LogP contribution in [0.15, 0.2) is 0 Å². The van der Waals surface area contributed by atoms with Crippen LogP contribution in [0.4, 0.5) is 0 Å². The summed E-state index contributed by atoms with van der Waals surface area (Å²) in [5.41, 5.74) is 2.82. The highest BCUT2D eigenvalue weighted by Crippen LogP contribution is 2.88. The van der Waals surface area contributed by atoms with Crippen molar-refractivity contribution in [3.8, 4) is 0 Å². The van der Waals surface area contributed by atoms with E-state index in [1.807, 2.05) is 0 Å². The van der Waals surface area contributed by atoms with E-state index in [1.165, 1.54) is 23.7 Å². The van der Waals surface area contributed by atoms with Gasteiger partial charge in [0.2, 0.25) is 0 Å². The van der Waals surface area contributed by atoms with Gasteiger partial charge in [-0.2, -0.15) is 0 Å². The van der Waals surface area contributed by atoms with Gasteiger partial charge < -0.3 is 0 Å². The summed E-state index contributed by atoms with van der Waals surface area (Å²) < 4.78 is 0. The second kappa shape index (κ2) is 3.91. The predicted octanol–water partition coefficient (Wildman–Crippen LogP) is 6.55. The SMILES string of the molecule is CC1C2CC3(CCC4CCC5C6CC7(C5C4)C6CC27)CC1(C)C3(C)C. The maximum Gasteiger partial charge on any atom is -0.0201 e. The number of rotatable bonds is 0. The lowest BCUT2D eigenvalue weighted by molar-refractivity contribution is -0.311. The normalized spacial score (nSPS) is 70.6. The van der Waals surface area contributed by atoms with Crippen LogP contribution in [0.3, 0.4) is 0 Å². The minimum atomic E-state index is 0.588. The van der Waals surface area contributed by atoms with Gasteiger partial charge in [0.15, 0.2) is 0 Å². The Hall–Kier alpha value is 0. The van der Waals surface area contributed by atoms with Crippen LogP contribution in [0, 0.1) is 69.0 Å². The topological polar surface area (TPSA) is 0 Å². The largest absolute Gasteiger partial charge is 0.0617 e. The summed E-state index contributed by atoms with van der Waals surface area (Å²) in [7, 11) is 0. The third kappa shape index (κ3) is 1.23. The molecular weight excluding hydrogens is 300 g/mol. The van der Waals surface area contributed by atoms with Gasteiger partial charge in [0.1, 0.15) is 0 Å². The smallest absolute Gasteiger partial charge is 0.0201 e. The second-order valence-electron chi connectivity index (χ2n) is 13.1. The molecule has 0 aromatic rings. The summed E-state index contributed by atoms with van der Waals surface area (Å²) in [6.45, 7) is 10.7. The van der Waals surface area contributed by atoms with E-state index in [9.17, 15) is 0 Å². The van der Waals surface area contributed by atoms with E-state index in [0.29, 0.717) is 16.2 Å². The molecule has 8 aliphatic carbocycles. The third-order valence-corrected chi connectivity index (χ3v) is 13.5. The van der Waals surface area contributed by atoms with Crippen molar-refractivity contribution in [3.05, 3.63) is 0 Å². The summed E-state index contributed by atoms with van der Waals surface area (Å²) in [6, 6.07) is 0. The van der Waals surface area contributed by atoms with Crippen molar-refractivity contribution in [2.45, 2.75) is 85.5 Å². The lowest BCUT2D eigenvalue weighted by atomic mass is 9.25. The Labute approximate surface area is 154 Å². The van der Waals surface area contributed by atoms with Crippen LogP contribution in [-0.2, 0) is 0 Å². The van der Waals surface area contributed by atoms with Gasteiger partial charge in [0, 0.05) is 0 Å². The fourth-order valence-electron chi connectivity index (χ4n) is 11.8. The van der Waals surface area contributed by atoms with Crippen LogP contribution in [0.5, 0.6) is 0 Å². The molecule has 0 heterocycles. The lowest BCUT2D eigenvalue weighted by Crippen LogP contribution is -2.73. The Morgan fingerprint density at radius 1 is 0.760 bits per heavy atom. The molecule has 0 saturated heterocycles. The molecule has 0 amide bonds. The zero-order valence-corrected chi connectivity index (χ0v) is 17.0. The third-order valence-electron chi connectivity index (χ3n) is 13.5. The van der Waals surface area contributed by atoms with Gasteiger partial charge in [-0.1, -0.05) is 34.1 Å². The van der Waals surface area contributed by atoms with Crippen LogP contribution in [0.1, 0.15) is 85.5 Å². The number of fused-ring (bicyclic) bond motifs is 2. The first-order chi connectivity index (χ1) is 11.8. The van der Waals surface area contributed by atoms with Crippen LogP contribution in [0.25, 0.3) is 0 Å². The standard InChI is InChI=1S/C25H38/c1-14-17-11-24(13-23(14,4)22(24,2)3)8-7-15-5-6-16-18-12-25(19(16)9-15)20(17)10-21(18)25/h14-21H,5-13H2,1-4H3. The molecule has 0 aromatic carbocycles. The van der Waals surface area contributed by atoms with Crippen molar-refractivity contribution >= 4 is 0 Å². The molecule has 0 radical (unpaired) electrons. The van der Waals surface area contributed by atoms with Crippen molar-refractivity contribution in [1.29, 1.82) is 0 Å². The zero-order chi connectivity index (χ0) is 17.0. The van der Waals surface area contributed by atoms with Crippen LogP contribution in [-0.4, -0.2) is 0 Å². The van der Waals surface area contributed by atoms with Gasteiger partial charge in [-0.15, -0.1) is 0 Å². The molecule has 2 spiro atoms. The van der Waals surface area contributed by atoms with E-state index >= 15 is 0 Å². The number of hydrogen-bond donors (Lipinski definition) is 0. The molecule has 11 unspecified atom stereocenters. The Bertz CT molecular complexity index is 661. The van der Waals surface area contributed by atoms with E-state index in [1.54, 1.807) is 57.8 Å². The Morgan fingerprint density at radius 3 is 2.28 bits per heavy atom. The highest BCUT2D eigenvalue weighted by atomic mass is 14.9. The van der Waals surface area contributed by atoms with E-state index < -0.39 is 0 Å². The minimum absolute atomic E-state index is 0.588. The summed E-state index contributed by atoms with van der Waals surface area (Å²) in [5.74, 6) is 9.06. The maximum atomic E-state index is 2.70. The van der Waals surface area contributed by atoms with Crippen LogP contribution in [0.2, 0.25) is 0 Å². The molecule has 25 heavy (non-hydrogen) atoms. The zero-order valence-electron chi connectivity index (χ0n) is 17.0. The fourth-order valence-corrected chi connectivity index (χ4v) is 11.8. The molecule has 7 bridgehead atoms. The molecular formula is C25H38. The molecule has 8 aliphatic rings. The van der Waals surface area contributed by atoms with E-state index in [2.05, 4.69) is 27.7 Å². The average Bonchev–Trinajstić information content (AvgIpc) is 3.02. The molecule has 0 aliphatic heterocycles. The molecule has 0 heteroatoms. The molecule has 0 N–H and O–H groups in total. The fraction of sp³-hybridized carbons (Fsp3) is 1.00. The van der Waals surface area contributed by atoms with Gasteiger partial charge >= 0.3 is 0 Å². The quantitative estimate of drug-likeness (QED) is 0.470. The van der Waals surface area contributed by atoms with E-state index in [0.717, 1.165) is 29.1 Å². The molecule has 8 fully saturated rings. The molecule has 11 atom stereocenters. The highest BCUT2D eigenvalue weighted by molar-refractivity contribution is 5.29. The molecule has 138 valence electrons. The van der Waals surface area contributed by atoms with Gasteiger partial charge in [0.25, 0.3) is 0 Å². The van der Waals surface area contributed by atoms with Gasteiger partial charge in [-0.05, 0) is 120 Å². The van der Waals surface area contributed by atoms with Crippen molar-refractivity contribution in [1.82, 2.24) is 0 Å². The van der Waals surface area contributed by atoms with Crippen molar-refractivity contribution in [3.63, 3.8) is 0 Å². The monoisotopic (exact) mass is 338 g/mol. The predicted molar refractivity (Wildman–Crippen MR) is 102 cm³/mol. The first-order valence-corrected chi connectivity index (χ1v) is 11.8. The summed E-state index contributed by atoms with van der Waals surface area (Å²) >= 11 is 0. The van der Waals surface area contributed by atoms with Crippen LogP contribution < -0.4 is 0 Å². The Kier molecular flexibility index (Phi) is 2.34. The Balaban J connectivity index is 1.36. The lowest BCUT2D eigenvalue weighted by Gasteiger charge is -2.80. The van der Waals surface area contributed by atoms with Crippen molar-refractivity contribution in [2.24, 2.45) is 69.0 Å². The van der Waals surface area contributed by atoms with Crippen LogP contribution >= 0.6 is 0 Å². The van der Waals surface area contributed by atoms with Gasteiger partial charge in [0.05, 0.1) is 0 Å². The van der Waals surface area contributed by atoms with Gasteiger partial charge in [-0.25, -0.2) is 0 Å². The number of hydrogen-bond acceptors (Lipinski definition) is 0. The van der Waals surface area contributed by atoms with Gasteiger partial charge in [-0.3, -0.25) is 0 Å². The first kappa shape index (κ1) is 15.0.